The molecule has 0 radical (unpaired) electrons. The maximum atomic E-state index is 13.3. The number of para-hydroxylation sites is 1. The number of fused-ring (bicyclic) bond motifs is 1. The zero-order valence-electron chi connectivity index (χ0n) is 18.3. The van der Waals surface area contributed by atoms with Gasteiger partial charge in [-0.3, -0.25) is 9.59 Å². The van der Waals surface area contributed by atoms with Crippen molar-refractivity contribution < 1.29 is 4.79 Å². The SMILES string of the molecule is Cc1cc(C)c(CNC(=O)c2c(C)n(C(C)c3ccccc3)c3ccccc23)c(=O)[nH]1. The molecule has 1 amide bonds. The van der Waals surface area contributed by atoms with Gasteiger partial charge in [0.05, 0.1) is 11.6 Å². The van der Waals surface area contributed by atoms with Crippen LogP contribution in [0.25, 0.3) is 10.9 Å². The highest BCUT2D eigenvalue weighted by atomic mass is 16.2. The molecule has 4 aromatic rings. The Kier molecular flexibility index (Phi) is 5.51. The maximum Gasteiger partial charge on any atom is 0.254 e. The first kappa shape index (κ1) is 20.7. The number of nitrogens with one attached hydrogen (secondary N) is 2. The van der Waals surface area contributed by atoms with Crippen molar-refractivity contribution in [3.05, 3.63) is 105 Å². The highest BCUT2D eigenvalue weighted by Gasteiger charge is 2.23. The summed E-state index contributed by atoms with van der Waals surface area (Å²) in [6, 6.07) is 20.2. The molecule has 0 aliphatic rings. The predicted octanol–water partition coefficient (Wildman–Crippen LogP) is 4.79. The summed E-state index contributed by atoms with van der Waals surface area (Å²) in [6.45, 7) is 8.06. The summed E-state index contributed by atoms with van der Waals surface area (Å²) < 4.78 is 2.21. The standard InChI is InChI=1S/C26H27N3O2/c1-16-14-17(2)28-25(30)22(16)15-27-26(31)24-19(4)29(23-13-9-8-12-21(23)24)18(3)20-10-6-5-7-11-20/h5-14,18H,15H2,1-4H3,(H,27,31)(H,28,30). The monoisotopic (exact) mass is 413 g/mol. The van der Waals surface area contributed by atoms with Gasteiger partial charge in [-0.05, 0) is 51.0 Å². The molecule has 2 aromatic carbocycles. The summed E-state index contributed by atoms with van der Waals surface area (Å²) in [6.07, 6.45) is 0. The van der Waals surface area contributed by atoms with Crippen LogP contribution in [0.2, 0.25) is 0 Å². The van der Waals surface area contributed by atoms with Crippen molar-refractivity contribution in [2.45, 2.75) is 40.3 Å². The number of aromatic nitrogens is 2. The number of carbonyl (C=O) groups excluding carboxylic acids is 1. The Morgan fingerprint density at radius 1 is 1.03 bits per heavy atom. The van der Waals surface area contributed by atoms with Crippen molar-refractivity contribution in [3.8, 4) is 0 Å². The van der Waals surface area contributed by atoms with E-state index in [1.807, 2.05) is 69.3 Å². The number of hydrogen-bond acceptors (Lipinski definition) is 2. The van der Waals surface area contributed by atoms with Crippen molar-refractivity contribution >= 4 is 16.8 Å². The molecule has 31 heavy (non-hydrogen) atoms. The number of rotatable bonds is 5. The minimum absolute atomic E-state index is 0.0786. The van der Waals surface area contributed by atoms with Gasteiger partial charge in [0.15, 0.2) is 0 Å². The Hall–Kier alpha value is -3.60. The molecule has 0 spiro atoms. The number of aromatic amines is 1. The van der Waals surface area contributed by atoms with Crippen molar-refractivity contribution in [1.29, 1.82) is 0 Å². The molecule has 0 bridgehead atoms. The molecular weight excluding hydrogens is 386 g/mol. The molecule has 1 unspecified atom stereocenters. The quantitative estimate of drug-likeness (QED) is 0.494. The van der Waals surface area contributed by atoms with Crippen LogP contribution in [0.4, 0.5) is 0 Å². The third-order valence-corrected chi connectivity index (χ3v) is 5.97. The molecule has 0 aliphatic carbocycles. The van der Waals surface area contributed by atoms with E-state index in [0.29, 0.717) is 11.1 Å². The fraction of sp³-hybridized carbons (Fsp3) is 0.231. The van der Waals surface area contributed by atoms with Crippen LogP contribution in [0, 0.1) is 20.8 Å². The molecule has 2 heterocycles. The fourth-order valence-corrected chi connectivity index (χ4v) is 4.42. The van der Waals surface area contributed by atoms with Crippen molar-refractivity contribution in [1.82, 2.24) is 14.9 Å². The third kappa shape index (κ3) is 3.79. The van der Waals surface area contributed by atoms with Gasteiger partial charge in [0.1, 0.15) is 0 Å². The average Bonchev–Trinajstić information content (AvgIpc) is 3.04. The number of benzene rings is 2. The summed E-state index contributed by atoms with van der Waals surface area (Å²) in [4.78, 5) is 28.4. The number of hydrogen-bond donors (Lipinski definition) is 2. The second-order valence-corrected chi connectivity index (χ2v) is 8.06. The second kappa shape index (κ2) is 8.26. The Balaban J connectivity index is 1.72. The van der Waals surface area contributed by atoms with Crippen molar-refractivity contribution in [2.24, 2.45) is 0 Å². The summed E-state index contributed by atoms with van der Waals surface area (Å²) in [5.41, 5.74) is 5.87. The lowest BCUT2D eigenvalue weighted by atomic mass is 10.1. The van der Waals surface area contributed by atoms with Crippen molar-refractivity contribution in [3.63, 3.8) is 0 Å². The summed E-state index contributed by atoms with van der Waals surface area (Å²) >= 11 is 0. The predicted molar refractivity (Wildman–Crippen MR) is 125 cm³/mol. The molecule has 0 saturated carbocycles. The Labute approximate surface area is 181 Å². The van der Waals surface area contributed by atoms with Gasteiger partial charge < -0.3 is 14.9 Å². The summed E-state index contributed by atoms with van der Waals surface area (Å²) in [5, 5.41) is 3.88. The Morgan fingerprint density at radius 3 is 2.42 bits per heavy atom. The Bertz CT molecular complexity index is 1320. The van der Waals surface area contributed by atoms with E-state index >= 15 is 0 Å². The lowest BCUT2D eigenvalue weighted by Gasteiger charge is -2.18. The van der Waals surface area contributed by atoms with Gasteiger partial charge >= 0.3 is 0 Å². The van der Waals surface area contributed by atoms with Gasteiger partial charge in [0.25, 0.3) is 11.5 Å². The minimum Gasteiger partial charge on any atom is -0.348 e. The zero-order valence-corrected chi connectivity index (χ0v) is 18.3. The van der Waals surface area contributed by atoms with Crippen LogP contribution in [0.5, 0.6) is 0 Å². The molecule has 4 rings (SSSR count). The molecule has 5 heteroatoms. The second-order valence-electron chi connectivity index (χ2n) is 8.06. The van der Waals surface area contributed by atoms with E-state index in [4.69, 9.17) is 0 Å². The minimum atomic E-state index is -0.174. The van der Waals surface area contributed by atoms with Crippen LogP contribution in [-0.2, 0) is 6.54 Å². The normalized spacial score (nSPS) is 12.1. The van der Waals surface area contributed by atoms with Crippen LogP contribution in [0.1, 0.15) is 51.4 Å². The highest BCUT2D eigenvalue weighted by molar-refractivity contribution is 6.08. The Morgan fingerprint density at radius 2 is 1.71 bits per heavy atom. The van der Waals surface area contributed by atoms with Gasteiger partial charge in [-0.25, -0.2) is 0 Å². The van der Waals surface area contributed by atoms with Gasteiger partial charge in [-0.15, -0.1) is 0 Å². The number of aryl methyl sites for hydroxylation is 2. The molecule has 0 fully saturated rings. The van der Waals surface area contributed by atoms with Crippen LogP contribution >= 0.6 is 0 Å². The smallest absolute Gasteiger partial charge is 0.254 e. The van der Waals surface area contributed by atoms with E-state index in [-0.39, 0.29) is 24.1 Å². The van der Waals surface area contributed by atoms with Crippen LogP contribution in [0.3, 0.4) is 0 Å². The molecule has 0 saturated heterocycles. The molecule has 2 N–H and O–H groups in total. The van der Waals surface area contributed by atoms with Crippen molar-refractivity contribution in [2.75, 3.05) is 0 Å². The van der Waals surface area contributed by atoms with Crippen LogP contribution < -0.4 is 10.9 Å². The summed E-state index contributed by atoms with van der Waals surface area (Å²) in [7, 11) is 0. The lowest BCUT2D eigenvalue weighted by Crippen LogP contribution is -2.28. The van der Waals surface area contributed by atoms with Crippen LogP contribution in [-0.4, -0.2) is 15.5 Å². The van der Waals surface area contributed by atoms with Crippen LogP contribution in [0.15, 0.2) is 65.5 Å². The highest BCUT2D eigenvalue weighted by Crippen LogP contribution is 2.31. The molecule has 0 aliphatic heterocycles. The number of H-pyrrole nitrogens is 1. The van der Waals surface area contributed by atoms with Gasteiger partial charge in [0.2, 0.25) is 0 Å². The summed E-state index contributed by atoms with van der Waals surface area (Å²) in [5.74, 6) is -0.174. The first-order valence-electron chi connectivity index (χ1n) is 10.5. The van der Waals surface area contributed by atoms with E-state index in [1.165, 1.54) is 5.56 Å². The topological polar surface area (TPSA) is 66.9 Å². The molecule has 2 aromatic heterocycles. The zero-order chi connectivity index (χ0) is 22.1. The van der Waals surface area contributed by atoms with E-state index in [9.17, 15) is 9.59 Å². The first-order valence-corrected chi connectivity index (χ1v) is 10.5. The largest absolute Gasteiger partial charge is 0.348 e. The molecule has 158 valence electrons. The third-order valence-electron chi connectivity index (χ3n) is 5.97. The van der Waals surface area contributed by atoms with E-state index in [2.05, 4.69) is 33.9 Å². The van der Waals surface area contributed by atoms with E-state index < -0.39 is 0 Å². The lowest BCUT2D eigenvalue weighted by molar-refractivity contribution is 0.0951. The average molecular weight is 414 g/mol. The fourth-order valence-electron chi connectivity index (χ4n) is 4.42. The molecular formula is C26H27N3O2. The van der Waals surface area contributed by atoms with E-state index in [1.54, 1.807) is 0 Å². The van der Waals surface area contributed by atoms with Gasteiger partial charge in [-0.1, -0.05) is 48.5 Å². The maximum absolute atomic E-state index is 13.3. The number of nitrogens with zero attached hydrogens (tertiary/aromatic N) is 1. The molecule has 5 nitrogen and oxygen atoms in total. The number of pyridine rings is 1. The molecule has 1 atom stereocenters. The van der Waals surface area contributed by atoms with Gasteiger partial charge in [0, 0.05) is 34.4 Å². The van der Waals surface area contributed by atoms with Gasteiger partial charge in [-0.2, -0.15) is 0 Å². The number of amides is 1. The number of carbonyl (C=O) groups is 1. The first-order chi connectivity index (χ1) is 14.9. The van der Waals surface area contributed by atoms with E-state index in [0.717, 1.165) is 27.9 Å².